The number of hydrogen-bond donors (Lipinski definition) is 0. The Balaban J connectivity index is 0.000000363. The smallest absolute Gasteiger partial charge is 0.276 e. The first-order valence-corrected chi connectivity index (χ1v) is 9.32. The van der Waals surface area contributed by atoms with Crippen LogP contribution < -0.4 is 18.9 Å². The molecule has 0 fully saturated rings. The Labute approximate surface area is 145 Å². The molecule has 0 bridgehead atoms. The van der Waals surface area contributed by atoms with Crippen molar-refractivity contribution in [2.75, 3.05) is 0 Å². The van der Waals surface area contributed by atoms with Crippen molar-refractivity contribution >= 4 is 8.25 Å². The molecule has 0 atom stereocenters. The third-order valence-corrected chi connectivity index (χ3v) is 3.19. The van der Waals surface area contributed by atoms with Crippen molar-refractivity contribution < 1.29 is 23.5 Å². The lowest BCUT2D eigenvalue weighted by Gasteiger charge is -1.90. The minimum absolute atomic E-state index is 1.15. The molecule has 136 valence electrons. The molecule has 0 unspecified atom stereocenters. The molecule has 2 aromatic rings. The van der Waals surface area contributed by atoms with Crippen molar-refractivity contribution in [2.45, 2.75) is 52.6 Å². The topological polar surface area (TPSA) is 80.8 Å². The van der Waals surface area contributed by atoms with E-state index in [2.05, 4.69) is 69.6 Å². The van der Waals surface area contributed by atoms with Crippen LogP contribution in [0.3, 0.4) is 0 Å². The van der Waals surface area contributed by atoms with E-state index in [9.17, 15) is 0 Å². The van der Waals surface area contributed by atoms with Gasteiger partial charge in [-0.05, 0) is 12.8 Å². The number of imidazole rings is 2. The van der Waals surface area contributed by atoms with E-state index in [1.165, 1.54) is 25.7 Å². The van der Waals surface area contributed by atoms with E-state index >= 15 is 0 Å². The predicted molar refractivity (Wildman–Crippen MR) is 88.6 cm³/mol. The third kappa shape index (κ3) is 12.9. The number of rotatable bonds is 6. The van der Waals surface area contributed by atoms with Gasteiger partial charge in [0.1, 0.15) is 24.8 Å². The molecule has 0 saturated carbocycles. The second kappa shape index (κ2) is 13.8. The van der Waals surface area contributed by atoms with Gasteiger partial charge in [-0.25, -0.2) is 18.3 Å². The van der Waals surface area contributed by atoms with Crippen molar-refractivity contribution in [3.05, 3.63) is 37.4 Å². The van der Waals surface area contributed by atoms with Crippen LogP contribution in [0.2, 0.25) is 0 Å². The van der Waals surface area contributed by atoms with Crippen LogP contribution in [0.5, 0.6) is 0 Å². The Morgan fingerprint density at radius 3 is 1.42 bits per heavy atom. The highest BCUT2D eigenvalue weighted by Crippen LogP contribution is 1.92. The summed E-state index contributed by atoms with van der Waals surface area (Å²) in [5.41, 5.74) is 0. The molecule has 8 heteroatoms. The van der Waals surface area contributed by atoms with E-state index in [0.29, 0.717) is 0 Å². The average molecular weight is 357 g/mol. The summed E-state index contributed by atoms with van der Waals surface area (Å²) >= 11 is 0. The first kappa shape index (κ1) is 22.4. The van der Waals surface area contributed by atoms with Gasteiger partial charge in [0.15, 0.2) is 0 Å². The summed E-state index contributed by atoms with van der Waals surface area (Å²) < 4.78 is 17.0. The van der Waals surface area contributed by atoms with Gasteiger partial charge in [0, 0.05) is 0 Å². The lowest BCUT2D eigenvalue weighted by Crippen LogP contribution is -2.23. The van der Waals surface area contributed by atoms with Crippen molar-refractivity contribution in [3.8, 4) is 0 Å². The molecule has 0 spiro atoms. The zero-order chi connectivity index (χ0) is 18.4. The van der Waals surface area contributed by atoms with Crippen LogP contribution in [0.25, 0.3) is 0 Å². The first-order chi connectivity index (χ1) is 11.4. The highest BCUT2D eigenvalue weighted by molar-refractivity contribution is 7.27. The lowest BCUT2D eigenvalue weighted by atomic mass is 10.3. The fraction of sp³-hybridized carbons (Fsp3) is 0.625. The summed E-state index contributed by atoms with van der Waals surface area (Å²) in [6.45, 7) is 6.72. The zero-order valence-electron chi connectivity index (χ0n) is 15.2. The molecular formula is C16H30N4O3P+. The summed E-state index contributed by atoms with van der Waals surface area (Å²) in [5, 5.41) is 0. The molecule has 0 saturated heterocycles. The second-order valence-corrected chi connectivity index (χ2v) is 6.01. The maximum absolute atomic E-state index is 8.48. The molecule has 2 rings (SSSR count). The Morgan fingerprint density at radius 2 is 1.21 bits per heavy atom. The average Bonchev–Trinajstić information content (AvgIpc) is 3.11. The Bertz CT molecular complexity index is 521. The van der Waals surface area contributed by atoms with Crippen LogP contribution in [0.1, 0.15) is 39.5 Å². The summed E-state index contributed by atoms with van der Waals surface area (Å²) in [5.74, 6) is 0. The minimum Gasteiger partial charge on any atom is -0.598 e. The van der Waals surface area contributed by atoms with Crippen LogP contribution in [0.15, 0.2) is 37.4 Å². The maximum Gasteiger partial charge on any atom is 0.276 e. The van der Waals surface area contributed by atoms with Gasteiger partial charge in [-0.3, -0.25) is 0 Å². The van der Waals surface area contributed by atoms with Crippen LogP contribution in [-0.4, -0.2) is 9.13 Å². The molecule has 0 aromatic carbocycles. The second-order valence-electron chi connectivity index (χ2n) is 5.56. The monoisotopic (exact) mass is 357 g/mol. The van der Waals surface area contributed by atoms with E-state index in [4.69, 9.17) is 14.4 Å². The first-order valence-electron chi connectivity index (χ1n) is 8.22. The van der Waals surface area contributed by atoms with E-state index in [0.717, 1.165) is 13.1 Å². The molecule has 2 heterocycles. The van der Waals surface area contributed by atoms with Gasteiger partial charge in [0.25, 0.3) is 8.25 Å². The van der Waals surface area contributed by atoms with Gasteiger partial charge in [-0.1, -0.05) is 31.3 Å². The molecule has 0 aliphatic rings. The SMILES string of the molecule is CCCCn1cc[n+](C)c1.CCCCn1cc[n+](C)c1.O=[P+]([O-])[O-]. The van der Waals surface area contributed by atoms with Gasteiger partial charge in [-0.15, -0.1) is 0 Å². The summed E-state index contributed by atoms with van der Waals surface area (Å²) in [7, 11) is 0.718. The quantitative estimate of drug-likeness (QED) is 0.560. The fourth-order valence-electron chi connectivity index (χ4n) is 1.95. The molecule has 0 amide bonds. The van der Waals surface area contributed by atoms with Crippen molar-refractivity contribution in [3.63, 3.8) is 0 Å². The van der Waals surface area contributed by atoms with E-state index in [1.807, 2.05) is 14.1 Å². The van der Waals surface area contributed by atoms with E-state index in [1.54, 1.807) is 0 Å². The number of hydrogen-bond acceptors (Lipinski definition) is 3. The van der Waals surface area contributed by atoms with Crippen molar-refractivity contribution in [1.29, 1.82) is 0 Å². The molecule has 0 radical (unpaired) electrons. The molecule has 0 aliphatic carbocycles. The highest BCUT2D eigenvalue weighted by Gasteiger charge is 1.97. The number of nitrogens with zero attached hydrogens (tertiary/aromatic N) is 4. The van der Waals surface area contributed by atoms with Gasteiger partial charge in [-0.2, -0.15) is 0 Å². The standard InChI is InChI=1S/2C8H15N2.HO3P/c2*1-3-4-5-10-7-6-9(2)8-10;1-4(2)3/h2*6-8H,3-5H2,1-2H3;(H,1,2,3)/q2*+1;/p-1. The molecule has 2 aromatic heterocycles. The van der Waals surface area contributed by atoms with E-state index < -0.39 is 8.25 Å². The number of aryl methyl sites for hydroxylation is 4. The zero-order valence-corrected chi connectivity index (χ0v) is 16.1. The Morgan fingerprint density at radius 1 is 0.875 bits per heavy atom. The summed E-state index contributed by atoms with van der Waals surface area (Å²) in [6.07, 6.45) is 17.6. The van der Waals surface area contributed by atoms with Crippen LogP contribution in [0.4, 0.5) is 0 Å². The molecule has 0 aliphatic heterocycles. The molecule has 24 heavy (non-hydrogen) atoms. The van der Waals surface area contributed by atoms with Gasteiger partial charge in [0.05, 0.1) is 27.2 Å². The largest absolute Gasteiger partial charge is 0.598 e. The molecule has 7 nitrogen and oxygen atoms in total. The van der Waals surface area contributed by atoms with Crippen LogP contribution in [-0.2, 0) is 31.7 Å². The highest BCUT2D eigenvalue weighted by atomic mass is 31.1. The summed E-state index contributed by atoms with van der Waals surface area (Å²) in [6, 6.07) is 0. The van der Waals surface area contributed by atoms with Crippen molar-refractivity contribution in [2.24, 2.45) is 14.1 Å². The molecule has 0 N–H and O–H groups in total. The van der Waals surface area contributed by atoms with Crippen LogP contribution in [0, 0.1) is 0 Å². The van der Waals surface area contributed by atoms with Gasteiger partial charge < -0.3 is 9.79 Å². The Kier molecular flexibility index (Phi) is 12.9. The Hall–Kier alpha value is -1.56. The van der Waals surface area contributed by atoms with Gasteiger partial charge >= 0.3 is 0 Å². The lowest BCUT2D eigenvalue weighted by molar-refractivity contribution is -0.671. The number of aromatic nitrogens is 4. The predicted octanol–water partition coefficient (Wildman–Crippen LogP) is 0.590. The van der Waals surface area contributed by atoms with Gasteiger partial charge in [0.2, 0.25) is 12.7 Å². The van der Waals surface area contributed by atoms with Crippen molar-refractivity contribution in [1.82, 2.24) is 9.13 Å². The van der Waals surface area contributed by atoms with E-state index in [-0.39, 0.29) is 0 Å². The third-order valence-electron chi connectivity index (χ3n) is 3.19. The van der Waals surface area contributed by atoms with Crippen LogP contribution >= 0.6 is 8.25 Å². The fourth-order valence-corrected chi connectivity index (χ4v) is 1.95. The number of unbranched alkanes of at least 4 members (excludes halogenated alkanes) is 2. The summed E-state index contributed by atoms with van der Waals surface area (Å²) in [4.78, 5) is 17.0. The minimum atomic E-state index is -3.37. The normalized spacial score (nSPS) is 9.58. The maximum atomic E-state index is 8.48. The molecular weight excluding hydrogens is 327 g/mol.